The normalized spacial score (nSPS) is 20.7. The summed E-state index contributed by atoms with van der Waals surface area (Å²) in [5.74, 6) is -0.737. The minimum Gasteiger partial charge on any atom is -0.444 e. The molecule has 1 aliphatic carbocycles. The number of anilines is 1. The van der Waals surface area contributed by atoms with Gasteiger partial charge in [0.2, 0.25) is 5.91 Å². The third-order valence-corrected chi connectivity index (χ3v) is 4.32. The number of nitrogens with one attached hydrogen (secondary N) is 2. The minimum absolute atomic E-state index is 0.00769. The van der Waals surface area contributed by atoms with Gasteiger partial charge >= 0.3 is 6.09 Å². The fourth-order valence-corrected chi connectivity index (χ4v) is 3.01. The van der Waals surface area contributed by atoms with E-state index in [1.807, 2.05) is 20.8 Å². The van der Waals surface area contributed by atoms with Crippen molar-refractivity contribution in [1.82, 2.24) is 5.32 Å². The Morgan fingerprint density at radius 3 is 2.40 bits per heavy atom. The molecular weight excluding hydrogens is 347 g/mol. The first kappa shape index (κ1) is 19.5. The van der Waals surface area contributed by atoms with E-state index < -0.39 is 17.5 Å². The standard InChI is InChI=1S/C18H24ClFN2O3/c1-18(2,3)25-17(24)21-13-7-4-11(5-8-13)16(23)22-15-9-6-12(20)10-14(15)19/h6,9-11,13H,4-5,7-8H2,1-3H3,(H,21,24)(H,22,23). The Morgan fingerprint density at radius 2 is 1.84 bits per heavy atom. The summed E-state index contributed by atoms with van der Waals surface area (Å²) in [7, 11) is 0. The van der Waals surface area contributed by atoms with Gasteiger partial charge in [0, 0.05) is 12.0 Å². The van der Waals surface area contributed by atoms with Crippen molar-refractivity contribution in [3.05, 3.63) is 29.0 Å². The van der Waals surface area contributed by atoms with E-state index in [4.69, 9.17) is 16.3 Å². The number of carbonyl (C=O) groups excluding carboxylic acids is 2. The van der Waals surface area contributed by atoms with Crippen molar-refractivity contribution in [1.29, 1.82) is 0 Å². The average Bonchev–Trinajstić information content (AvgIpc) is 2.48. The lowest BCUT2D eigenvalue weighted by molar-refractivity contribution is -0.120. The third kappa shape index (κ3) is 6.20. The van der Waals surface area contributed by atoms with Crippen LogP contribution < -0.4 is 10.6 Å². The van der Waals surface area contributed by atoms with Crippen LogP contribution in [0.3, 0.4) is 0 Å². The molecule has 1 aliphatic rings. The third-order valence-electron chi connectivity index (χ3n) is 4.01. The molecule has 1 aromatic carbocycles. The first-order valence-corrected chi connectivity index (χ1v) is 8.77. The number of ether oxygens (including phenoxy) is 1. The van der Waals surface area contributed by atoms with E-state index in [9.17, 15) is 14.0 Å². The highest BCUT2D eigenvalue weighted by atomic mass is 35.5. The quantitative estimate of drug-likeness (QED) is 0.823. The Hall–Kier alpha value is -1.82. The Morgan fingerprint density at radius 1 is 1.20 bits per heavy atom. The second kappa shape index (κ2) is 8.04. The van der Waals surface area contributed by atoms with Gasteiger partial charge in [-0.2, -0.15) is 0 Å². The first-order valence-electron chi connectivity index (χ1n) is 8.39. The van der Waals surface area contributed by atoms with Crippen molar-refractivity contribution in [2.75, 3.05) is 5.32 Å². The van der Waals surface area contributed by atoms with Crippen LogP contribution in [0.2, 0.25) is 5.02 Å². The van der Waals surface area contributed by atoms with Crippen molar-refractivity contribution in [3.63, 3.8) is 0 Å². The molecule has 1 aromatic rings. The van der Waals surface area contributed by atoms with Crippen molar-refractivity contribution < 1.29 is 18.7 Å². The van der Waals surface area contributed by atoms with Crippen molar-refractivity contribution >= 4 is 29.3 Å². The first-order chi connectivity index (χ1) is 11.6. The molecule has 0 heterocycles. The average molecular weight is 371 g/mol. The zero-order chi connectivity index (χ0) is 18.6. The van der Waals surface area contributed by atoms with E-state index >= 15 is 0 Å². The van der Waals surface area contributed by atoms with Crippen molar-refractivity contribution in [3.8, 4) is 0 Å². The topological polar surface area (TPSA) is 67.4 Å². The highest BCUT2D eigenvalue weighted by Gasteiger charge is 2.28. The van der Waals surface area contributed by atoms with Gasteiger partial charge in [-0.15, -0.1) is 0 Å². The zero-order valence-electron chi connectivity index (χ0n) is 14.7. The molecule has 0 atom stereocenters. The molecule has 0 aliphatic heterocycles. The molecule has 0 spiro atoms. The maximum Gasteiger partial charge on any atom is 0.407 e. The lowest BCUT2D eigenvalue weighted by Crippen LogP contribution is -2.42. The molecule has 2 rings (SSSR count). The fourth-order valence-electron chi connectivity index (χ4n) is 2.80. The van der Waals surface area contributed by atoms with Crippen LogP contribution in [-0.2, 0) is 9.53 Å². The fraction of sp³-hybridized carbons (Fsp3) is 0.556. The summed E-state index contributed by atoms with van der Waals surface area (Å²) < 4.78 is 18.3. The summed E-state index contributed by atoms with van der Waals surface area (Å²) in [4.78, 5) is 24.1. The van der Waals surface area contributed by atoms with Crippen LogP contribution >= 0.6 is 11.6 Å². The molecule has 0 radical (unpaired) electrons. The van der Waals surface area contributed by atoms with Crippen LogP contribution in [-0.4, -0.2) is 23.6 Å². The number of amides is 2. The molecule has 2 N–H and O–H groups in total. The van der Waals surface area contributed by atoms with Crippen LogP contribution in [0.25, 0.3) is 0 Å². The molecule has 0 aromatic heterocycles. The van der Waals surface area contributed by atoms with E-state index in [2.05, 4.69) is 10.6 Å². The second-order valence-corrected chi connectivity index (χ2v) is 7.72. The number of alkyl carbamates (subject to hydrolysis) is 1. The van der Waals surface area contributed by atoms with Crippen LogP contribution in [0.5, 0.6) is 0 Å². The van der Waals surface area contributed by atoms with Gasteiger partial charge < -0.3 is 15.4 Å². The number of carbonyl (C=O) groups is 2. The molecule has 5 nitrogen and oxygen atoms in total. The van der Waals surface area contributed by atoms with Gasteiger partial charge in [-0.1, -0.05) is 11.6 Å². The predicted octanol–water partition coefficient (Wildman–Crippen LogP) is 4.50. The van der Waals surface area contributed by atoms with Crippen LogP contribution in [0.4, 0.5) is 14.9 Å². The highest BCUT2D eigenvalue weighted by Crippen LogP contribution is 2.28. The maximum atomic E-state index is 13.0. The summed E-state index contributed by atoms with van der Waals surface area (Å²) in [5, 5.41) is 5.76. The van der Waals surface area contributed by atoms with Crippen LogP contribution in [0, 0.1) is 11.7 Å². The number of hydrogen-bond donors (Lipinski definition) is 2. The van der Waals surface area contributed by atoms with Gasteiger partial charge in [0.1, 0.15) is 11.4 Å². The molecule has 2 amide bonds. The SMILES string of the molecule is CC(C)(C)OC(=O)NC1CCC(C(=O)Nc2ccc(F)cc2Cl)CC1. The number of hydrogen-bond acceptors (Lipinski definition) is 3. The molecule has 138 valence electrons. The summed E-state index contributed by atoms with van der Waals surface area (Å²) in [6.45, 7) is 5.44. The van der Waals surface area contributed by atoms with Gasteiger partial charge in [-0.05, 0) is 64.7 Å². The smallest absolute Gasteiger partial charge is 0.407 e. The van der Waals surface area contributed by atoms with Crippen LogP contribution in [0.1, 0.15) is 46.5 Å². The van der Waals surface area contributed by atoms with Gasteiger partial charge in [0.25, 0.3) is 0 Å². The summed E-state index contributed by atoms with van der Waals surface area (Å²) in [6.07, 6.45) is 2.29. The van der Waals surface area contributed by atoms with E-state index in [0.29, 0.717) is 31.4 Å². The Balaban J connectivity index is 1.81. The summed E-state index contributed by atoms with van der Waals surface area (Å²) in [6, 6.07) is 3.88. The van der Waals surface area contributed by atoms with E-state index in [1.54, 1.807) is 0 Å². The Labute approximate surface area is 152 Å². The van der Waals surface area contributed by atoms with Gasteiger partial charge in [-0.25, -0.2) is 9.18 Å². The molecule has 1 saturated carbocycles. The van der Waals surface area contributed by atoms with Crippen molar-refractivity contribution in [2.24, 2.45) is 5.92 Å². The largest absolute Gasteiger partial charge is 0.444 e. The Bertz CT molecular complexity index is 638. The lowest BCUT2D eigenvalue weighted by atomic mass is 9.85. The van der Waals surface area contributed by atoms with E-state index in [1.165, 1.54) is 18.2 Å². The number of rotatable bonds is 3. The zero-order valence-corrected chi connectivity index (χ0v) is 15.5. The highest BCUT2D eigenvalue weighted by molar-refractivity contribution is 6.33. The van der Waals surface area contributed by atoms with Gasteiger partial charge in [-0.3, -0.25) is 4.79 Å². The molecule has 0 unspecified atom stereocenters. The van der Waals surface area contributed by atoms with Gasteiger partial charge in [0.05, 0.1) is 10.7 Å². The maximum absolute atomic E-state index is 13.0. The molecule has 0 bridgehead atoms. The molecule has 25 heavy (non-hydrogen) atoms. The van der Waals surface area contributed by atoms with Gasteiger partial charge in [0.15, 0.2) is 0 Å². The predicted molar refractivity (Wildman–Crippen MR) is 95.2 cm³/mol. The number of halogens is 2. The lowest BCUT2D eigenvalue weighted by Gasteiger charge is -2.29. The molecule has 7 heteroatoms. The number of benzene rings is 1. The summed E-state index contributed by atoms with van der Waals surface area (Å²) >= 11 is 5.93. The monoisotopic (exact) mass is 370 g/mol. The summed E-state index contributed by atoms with van der Waals surface area (Å²) in [5.41, 5.74) is -0.127. The van der Waals surface area contributed by atoms with Crippen molar-refractivity contribution in [2.45, 2.75) is 58.1 Å². The molecule has 1 fully saturated rings. The second-order valence-electron chi connectivity index (χ2n) is 7.31. The van der Waals surface area contributed by atoms with E-state index in [0.717, 1.165) is 0 Å². The van der Waals surface area contributed by atoms with E-state index in [-0.39, 0.29) is 22.9 Å². The Kier molecular flexibility index (Phi) is 6.27. The van der Waals surface area contributed by atoms with Crippen LogP contribution in [0.15, 0.2) is 18.2 Å². The minimum atomic E-state index is -0.532. The molecule has 0 saturated heterocycles. The molecular formula is C18H24ClFN2O3.